The number of halogens is 1. The minimum atomic E-state index is -0.599. The highest BCUT2D eigenvalue weighted by Crippen LogP contribution is 2.28. The molecule has 0 radical (unpaired) electrons. The second-order valence-corrected chi connectivity index (χ2v) is 6.41. The molecule has 6 nitrogen and oxygen atoms in total. The lowest BCUT2D eigenvalue weighted by Crippen LogP contribution is -2.13. The van der Waals surface area contributed by atoms with Gasteiger partial charge in [-0.05, 0) is 42.3 Å². The lowest BCUT2D eigenvalue weighted by Gasteiger charge is -2.11. The van der Waals surface area contributed by atoms with Crippen molar-refractivity contribution in [1.29, 1.82) is 0 Å². The van der Waals surface area contributed by atoms with Crippen LogP contribution in [0, 0.1) is 5.82 Å². The third kappa shape index (κ3) is 3.98. The van der Waals surface area contributed by atoms with Gasteiger partial charge in [0.2, 0.25) is 5.88 Å². The molecule has 0 bridgehead atoms. The van der Waals surface area contributed by atoms with Gasteiger partial charge in [-0.15, -0.1) is 0 Å². The molecule has 2 aromatic carbocycles. The number of benzene rings is 2. The smallest absolute Gasteiger partial charge is 0.348 e. The molecule has 0 saturated heterocycles. The van der Waals surface area contributed by atoms with Crippen LogP contribution < -0.4 is 14.2 Å². The molecule has 0 amide bonds. The standard InChI is InChI=1S/C21H21FN2O4/c1-13(2)18-12-20(24(23-18)15-7-5-14(22)6-8-15)28-21(25)17-10-9-16(26-3)11-19(17)27-4/h5-13H,1-4H3. The van der Waals surface area contributed by atoms with E-state index in [9.17, 15) is 9.18 Å². The van der Waals surface area contributed by atoms with Crippen LogP contribution in [0.1, 0.15) is 35.8 Å². The Morgan fingerprint density at radius 1 is 1.04 bits per heavy atom. The van der Waals surface area contributed by atoms with Crippen LogP contribution >= 0.6 is 0 Å². The summed E-state index contributed by atoms with van der Waals surface area (Å²) < 4.78 is 30.8. The highest BCUT2D eigenvalue weighted by atomic mass is 19.1. The number of hydrogen-bond donors (Lipinski definition) is 0. The average molecular weight is 384 g/mol. The number of methoxy groups -OCH3 is 2. The van der Waals surface area contributed by atoms with E-state index in [4.69, 9.17) is 14.2 Å². The van der Waals surface area contributed by atoms with Crippen LogP contribution in [-0.2, 0) is 0 Å². The minimum Gasteiger partial charge on any atom is -0.497 e. The maximum atomic E-state index is 13.3. The lowest BCUT2D eigenvalue weighted by molar-refractivity contribution is 0.0719. The van der Waals surface area contributed by atoms with Gasteiger partial charge in [-0.2, -0.15) is 5.10 Å². The van der Waals surface area contributed by atoms with Crippen molar-refractivity contribution >= 4 is 5.97 Å². The van der Waals surface area contributed by atoms with E-state index in [2.05, 4.69) is 5.10 Å². The Balaban J connectivity index is 1.97. The van der Waals surface area contributed by atoms with Gasteiger partial charge in [0.25, 0.3) is 0 Å². The molecule has 0 atom stereocenters. The molecular formula is C21H21FN2O4. The van der Waals surface area contributed by atoms with E-state index in [0.717, 1.165) is 5.69 Å². The Hall–Kier alpha value is -3.35. The Bertz CT molecular complexity index is 981. The molecule has 0 spiro atoms. The van der Waals surface area contributed by atoms with Crippen molar-refractivity contribution in [3.05, 3.63) is 65.6 Å². The quantitative estimate of drug-likeness (QED) is 0.591. The summed E-state index contributed by atoms with van der Waals surface area (Å²) in [4.78, 5) is 12.8. The molecule has 0 aliphatic rings. The Morgan fingerprint density at radius 3 is 2.36 bits per heavy atom. The fraction of sp³-hybridized carbons (Fsp3) is 0.238. The van der Waals surface area contributed by atoms with Gasteiger partial charge in [0.05, 0.1) is 25.6 Å². The number of nitrogens with zero attached hydrogens (tertiary/aromatic N) is 2. The third-order valence-electron chi connectivity index (χ3n) is 4.18. The SMILES string of the molecule is COc1ccc(C(=O)Oc2cc(C(C)C)nn2-c2ccc(F)cc2)c(OC)c1. The third-order valence-corrected chi connectivity index (χ3v) is 4.18. The van der Waals surface area contributed by atoms with Gasteiger partial charge in [-0.1, -0.05) is 13.8 Å². The molecule has 1 aromatic heterocycles. The number of esters is 1. The van der Waals surface area contributed by atoms with E-state index in [-0.39, 0.29) is 23.2 Å². The highest BCUT2D eigenvalue weighted by Gasteiger charge is 2.20. The molecule has 146 valence electrons. The molecule has 0 fully saturated rings. The average Bonchev–Trinajstić information content (AvgIpc) is 3.12. The summed E-state index contributed by atoms with van der Waals surface area (Å²) in [7, 11) is 2.99. The Kier molecular flexibility index (Phi) is 5.63. The number of carbonyl (C=O) groups is 1. The van der Waals surface area contributed by atoms with E-state index >= 15 is 0 Å². The summed E-state index contributed by atoms with van der Waals surface area (Å²) in [6, 6.07) is 12.3. The minimum absolute atomic E-state index is 0.120. The zero-order valence-electron chi connectivity index (χ0n) is 16.1. The van der Waals surface area contributed by atoms with Gasteiger partial charge in [-0.3, -0.25) is 0 Å². The monoisotopic (exact) mass is 384 g/mol. The van der Waals surface area contributed by atoms with Crippen molar-refractivity contribution in [2.45, 2.75) is 19.8 Å². The number of hydrogen-bond acceptors (Lipinski definition) is 5. The van der Waals surface area contributed by atoms with Crippen molar-refractivity contribution in [2.75, 3.05) is 14.2 Å². The molecule has 28 heavy (non-hydrogen) atoms. The van der Waals surface area contributed by atoms with Gasteiger partial charge in [0.1, 0.15) is 22.9 Å². The van der Waals surface area contributed by atoms with Gasteiger partial charge in [-0.25, -0.2) is 13.9 Å². The number of ether oxygens (including phenoxy) is 3. The number of rotatable bonds is 6. The van der Waals surface area contributed by atoms with Crippen molar-refractivity contribution in [1.82, 2.24) is 9.78 Å². The largest absolute Gasteiger partial charge is 0.497 e. The second-order valence-electron chi connectivity index (χ2n) is 6.41. The van der Waals surface area contributed by atoms with E-state index in [1.807, 2.05) is 13.8 Å². The summed E-state index contributed by atoms with van der Waals surface area (Å²) >= 11 is 0. The van der Waals surface area contributed by atoms with Gasteiger partial charge in [0, 0.05) is 12.1 Å². The van der Waals surface area contributed by atoms with E-state index in [1.54, 1.807) is 36.4 Å². The summed E-state index contributed by atoms with van der Waals surface area (Å²) in [5.74, 6) is 0.292. The molecule has 0 N–H and O–H groups in total. The summed E-state index contributed by atoms with van der Waals surface area (Å²) in [5.41, 5.74) is 1.58. The van der Waals surface area contributed by atoms with Crippen LogP contribution in [0.5, 0.6) is 17.4 Å². The molecule has 1 heterocycles. The predicted octanol–water partition coefficient (Wildman–Crippen LogP) is 4.37. The zero-order valence-corrected chi connectivity index (χ0v) is 16.1. The van der Waals surface area contributed by atoms with Crippen LogP contribution in [0.15, 0.2) is 48.5 Å². The maximum Gasteiger partial charge on any atom is 0.348 e. The first-order chi connectivity index (χ1) is 13.4. The van der Waals surface area contributed by atoms with Crippen LogP contribution in [0.3, 0.4) is 0 Å². The number of aromatic nitrogens is 2. The predicted molar refractivity (Wildman–Crippen MR) is 102 cm³/mol. The normalized spacial score (nSPS) is 10.8. The fourth-order valence-corrected chi connectivity index (χ4v) is 2.62. The van der Waals surface area contributed by atoms with Crippen LogP contribution in [0.25, 0.3) is 5.69 Å². The second kappa shape index (κ2) is 8.12. The van der Waals surface area contributed by atoms with Crippen molar-refractivity contribution in [2.24, 2.45) is 0 Å². The van der Waals surface area contributed by atoms with Crippen molar-refractivity contribution in [3.63, 3.8) is 0 Å². The molecule has 0 saturated carbocycles. The summed E-state index contributed by atoms with van der Waals surface area (Å²) in [6.45, 7) is 3.96. The van der Waals surface area contributed by atoms with Crippen LogP contribution in [0.4, 0.5) is 4.39 Å². The Labute approximate surface area is 162 Å². The maximum absolute atomic E-state index is 13.3. The summed E-state index contributed by atoms with van der Waals surface area (Å²) in [6.07, 6.45) is 0. The Morgan fingerprint density at radius 2 is 1.75 bits per heavy atom. The van der Waals surface area contributed by atoms with E-state index in [0.29, 0.717) is 17.2 Å². The summed E-state index contributed by atoms with van der Waals surface area (Å²) in [5, 5.41) is 4.49. The van der Waals surface area contributed by atoms with Gasteiger partial charge in [0.15, 0.2) is 0 Å². The van der Waals surface area contributed by atoms with Crippen LogP contribution in [0.2, 0.25) is 0 Å². The first kappa shape index (κ1) is 19.4. The fourth-order valence-electron chi connectivity index (χ4n) is 2.62. The lowest BCUT2D eigenvalue weighted by atomic mass is 10.1. The molecule has 0 unspecified atom stereocenters. The molecule has 3 aromatic rings. The molecule has 0 aliphatic heterocycles. The van der Waals surface area contributed by atoms with Gasteiger partial charge < -0.3 is 14.2 Å². The van der Waals surface area contributed by atoms with Crippen molar-refractivity contribution < 1.29 is 23.4 Å². The first-order valence-electron chi connectivity index (χ1n) is 8.73. The highest BCUT2D eigenvalue weighted by molar-refractivity contribution is 5.94. The topological polar surface area (TPSA) is 62.6 Å². The molecule has 0 aliphatic carbocycles. The van der Waals surface area contributed by atoms with Crippen molar-refractivity contribution in [3.8, 4) is 23.1 Å². The molecule has 3 rings (SSSR count). The van der Waals surface area contributed by atoms with Crippen LogP contribution in [-0.4, -0.2) is 30.0 Å². The first-order valence-corrected chi connectivity index (χ1v) is 8.73. The van der Waals surface area contributed by atoms with E-state index < -0.39 is 5.97 Å². The molecular weight excluding hydrogens is 363 g/mol. The molecule has 7 heteroatoms. The van der Waals surface area contributed by atoms with E-state index in [1.165, 1.54) is 31.0 Å². The zero-order chi connectivity index (χ0) is 20.3. The number of carbonyl (C=O) groups excluding carboxylic acids is 1. The van der Waals surface area contributed by atoms with Gasteiger partial charge >= 0.3 is 5.97 Å².